The van der Waals surface area contributed by atoms with Gasteiger partial charge in [0.2, 0.25) is 11.8 Å². The SMILES string of the molecule is CC(C)[C@H](NC(=O)O)C(=O)N[C@@H](Cc1ccc(O)cc1)C(N)=O. The number of primary amides is 1. The molecule has 8 heteroatoms. The monoisotopic (exact) mass is 323 g/mol. The standard InChI is InChI=1S/C15H21N3O5/c1-8(2)12(18-15(22)23)14(21)17-11(13(16)20)7-9-3-5-10(19)6-4-9/h3-6,8,11-12,18-19H,7H2,1-2H3,(H2,16,20)(H,17,21)(H,22,23)/t11-,12-/m0/s1. The van der Waals surface area contributed by atoms with Crippen molar-refractivity contribution in [2.75, 3.05) is 0 Å². The quantitative estimate of drug-likeness (QED) is 0.487. The van der Waals surface area contributed by atoms with Crippen molar-refractivity contribution in [2.45, 2.75) is 32.4 Å². The van der Waals surface area contributed by atoms with Crippen molar-refractivity contribution >= 4 is 17.9 Å². The van der Waals surface area contributed by atoms with Crippen molar-refractivity contribution in [3.63, 3.8) is 0 Å². The van der Waals surface area contributed by atoms with Crippen LogP contribution < -0.4 is 16.4 Å². The maximum absolute atomic E-state index is 12.2. The second-order valence-corrected chi connectivity index (χ2v) is 5.51. The molecule has 126 valence electrons. The molecule has 0 saturated heterocycles. The maximum atomic E-state index is 12.2. The van der Waals surface area contributed by atoms with E-state index < -0.39 is 30.0 Å². The number of hydrogen-bond donors (Lipinski definition) is 5. The van der Waals surface area contributed by atoms with Gasteiger partial charge in [0.1, 0.15) is 17.8 Å². The van der Waals surface area contributed by atoms with Gasteiger partial charge in [-0.1, -0.05) is 26.0 Å². The summed E-state index contributed by atoms with van der Waals surface area (Å²) in [5.74, 6) is -1.57. The number of benzene rings is 1. The van der Waals surface area contributed by atoms with Gasteiger partial charge in [0.05, 0.1) is 0 Å². The number of nitrogens with two attached hydrogens (primary N) is 1. The van der Waals surface area contributed by atoms with Crippen LogP contribution in [0.4, 0.5) is 4.79 Å². The van der Waals surface area contributed by atoms with Gasteiger partial charge in [0, 0.05) is 6.42 Å². The van der Waals surface area contributed by atoms with Gasteiger partial charge in [-0.05, 0) is 23.6 Å². The average molecular weight is 323 g/mol. The van der Waals surface area contributed by atoms with Crippen LogP contribution in [-0.2, 0) is 16.0 Å². The topological polar surface area (TPSA) is 142 Å². The molecule has 1 aromatic rings. The molecule has 0 radical (unpaired) electrons. The zero-order chi connectivity index (χ0) is 17.6. The molecule has 0 aromatic heterocycles. The summed E-state index contributed by atoms with van der Waals surface area (Å²) < 4.78 is 0. The van der Waals surface area contributed by atoms with E-state index in [0.29, 0.717) is 5.56 Å². The molecular formula is C15H21N3O5. The summed E-state index contributed by atoms with van der Waals surface area (Å²) in [6.07, 6.45) is -1.19. The highest BCUT2D eigenvalue weighted by molar-refractivity contribution is 5.90. The van der Waals surface area contributed by atoms with Crippen molar-refractivity contribution in [1.82, 2.24) is 10.6 Å². The van der Waals surface area contributed by atoms with E-state index in [-0.39, 0.29) is 18.1 Å². The van der Waals surface area contributed by atoms with E-state index in [2.05, 4.69) is 10.6 Å². The summed E-state index contributed by atoms with van der Waals surface area (Å²) in [5, 5.41) is 22.6. The maximum Gasteiger partial charge on any atom is 0.405 e. The normalized spacial score (nSPS) is 13.2. The average Bonchev–Trinajstić information content (AvgIpc) is 2.45. The molecule has 23 heavy (non-hydrogen) atoms. The molecule has 0 bridgehead atoms. The summed E-state index contributed by atoms with van der Waals surface area (Å²) in [4.78, 5) is 34.5. The summed E-state index contributed by atoms with van der Waals surface area (Å²) in [6.45, 7) is 3.36. The number of carboxylic acid groups (broad SMARTS) is 1. The van der Waals surface area contributed by atoms with E-state index in [4.69, 9.17) is 10.8 Å². The number of carbonyl (C=O) groups is 3. The molecule has 0 aliphatic heterocycles. The molecule has 3 amide bonds. The minimum atomic E-state index is -1.33. The lowest BCUT2D eigenvalue weighted by atomic mass is 10.0. The molecule has 8 nitrogen and oxygen atoms in total. The predicted octanol–water partition coefficient (Wildman–Crippen LogP) is 0.197. The number of nitrogens with one attached hydrogen (secondary N) is 2. The number of aromatic hydroxyl groups is 1. The summed E-state index contributed by atoms with van der Waals surface area (Å²) in [7, 11) is 0. The van der Waals surface area contributed by atoms with E-state index in [1.165, 1.54) is 12.1 Å². The molecule has 2 atom stereocenters. The minimum Gasteiger partial charge on any atom is -0.508 e. The first-order valence-corrected chi connectivity index (χ1v) is 7.07. The molecule has 0 aliphatic rings. The summed E-state index contributed by atoms with van der Waals surface area (Å²) in [6, 6.07) is 4.15. The van der Waals surface area contributed by atoms with Gasteiger partial charge in [0.15, 0.2) is 0 Å². The van der Waals surface area contributed by atoms with Crippen LogP contribution >= 0.6 is 0 Å². The Balaban J connectivity index is 2.81. The Hall–Kier alpha value is -2.77. The Kier molecular flexibility index (Phi) is 6.37. The number of hydrogen-bond acceptors (Lipinski definition) is 4. The molecule has 0 saturated carbocycles. The van der Waals surface area contributed by atoms with Gasteiger partial charge < -0.3 is 26.6 Å². The Bertz CT molecular complexity index is 571. The fraction of sp³-hybridized carbons (Fsp3) is 0.400. The van der Waals surface area contributed by atoms with E-state index in [0.717, 1.165) is 0 Å². The van der Waals surface area contributed by atoms with Crippen molar-refractivity contribution in [3.8, 4) is 5.75 Å². The Morgan fingerprint density at radius 1 is 1.13 bits per heavy atom. The van der Waals surface area contributed by atoms with Gasteiger partial charge in [-0.3, -0.25) is 9.59 Å². The van der Waals surface area contributed by atoms with E-state index >= 15 is 0 Å². The molecule has 0 heterocycles. The third kappa shape index (κ3) is 5.85. The van der Waals surface area contributed by atoms with Crippen LogP contribution in [0.1, 0.15) is 19.4 Å². The first kappa shape index (κ1) is 18.3. The molecule has 1 aromatic carbocycles. The Morgan fingerprint density at radius 3 is 2.13 bits per heavy atom. The van der Waals surface area contributed by atoms with Crippen molar-refractivity contribution in [2.24, 2.45) is 11.7 Å². The second-order valence-electron chi connectivity index (χ2n) is 5.51. The third-order valence-corrected chi connectivity index (χ3v) is 3.26. The third-order valence-electron chi connectivity index (χ3n) is 3.26. The largest absolute Gasteiger partial charge is 0.508 e. The minimum absolute atomic E-state index is 0.0824. The van der Waals surface area contributed by atoms with E-state index in [1.54, 1.807) is 26.0 Å². The predicted molar refractivity (Wildman–Crippen MR) is 82.7 cm³/mol. The van der Waals surface area contributed by atoms with Gasteiger partial charge in [-0.2, -0.15) is 0 Å². The van der Waals surface area contributed by atoms with Crippen LogP contribution in [0.5, 0.6) is 5.75 Å². The van der Waals surface area contributed by atoms with Crippen molar-refractivity contribution < 1.29 is 24.6 Å². The summed E-state index contributed by atoms with van der Waals surface area (Å²) in [5.41, 5.74) is 5.99. The smallest absolute Gasteiger partial charge is 0.405 e. The van der Waals surface area contributed by atoms with Gasteiger partial charge in [-0.15, -0.1) is 0 Å². The van der Waals surface area contributed by atoms with Gasteiger partial charge >= 0.3 is 6.09 Å². The lowest BCUT2D eigenvalue weighted by molar-refractivity contribution is -0.129. The highest BCUT2D eigenvalue weighted by atomic mass is 16.4. The highest BCUT2D eigenvalue weighted by Crippen LogP contribution is 2.11. The molecule has 1 rings (SSSR count). The molecular weight excluding hydrogens is 302 g/mol. The van der Waals surface area contributed by atoms with Crippen LogP contribution in [0, 0.1) is 5.92 Å². The number of amides is 3. The van der Waals surface area contributed by atoms with Gasteiger partial charge in [0.25, 0.3) is 0 Å². The summed E-state index contributed by atoms with van der Waals surface area (Å²) >= 11 is 0. The van der Waals surface area contributed by atoms with Crippen LogP contribution in [0.25, 0.3) is 0 Å². The molecule has 0 fully saturated rings. The lowest BCUT2D eigenvalue weighted by Crippen LogP contribution is -2.55. The molecule has 0 unspecified atom stereocenters. The Morgan fingerprint density at radius 2 is 1.70 bits per heavy atom. The lowest BCUT2D eigenvalue weighted by Gasteiger charge is -2.23. The second kappa shape index (κ2) is 8.02. The zero-order valence-corrected chi connectivity index (χ0v) is 12.9. The fourth-order valence-electron chi connectivity index (χ4n) is 2.02. The van der Waals surface area contributed by atoms with Crippen molar-refractivity contribution in [1.29, 1.82) is 0 Å². The highest BCUT2D eigenvalue weighted by Gasteiger charge is 2.27. The fourth-order valence-corrected chi connectivity index (χ4v) is 2.02. The number of phenolic OH excluding ortho intramolecular Hbond substituents is 1. The van der Waals surface area contributed by atoms with Crippen LogP contribution in [0.3, 0.4) is 0 Å². The Labute approximate surface area is 133 Å². The van der Waals surface area contributed by atoms with Gasteiger partial charge in [-0.25, -0.2) is 4.79 Å². The van der Waals surface area contributed by atoms with E-state index in [9.17, 15) is 19.5 Å². The van der Waals surface area contributed by atoms with Crippen LogP contribution in [0.15, 0.2) is 24.3 Å². The van der Waals surface area contributed by atoms with E-state index in [1.807, 2.05) is 0 Å². The van der Waals surface area contributed by atoms with Crippen LogP contribution in [0.2, 0.25) is 0 Å². The molecule has 0 spiro atoms. The molecule has 6 N–H and O–H groups in total. The first-order valence-electron chi connectivity index (χ1n) is 7.07. The first-order chi connectivity index (χ1) is 10.7. The zero-order valence-electron chi connectivity index (χ0n) is 12.9. The number of carbonyl (C=O) groups excluding carboxylic acids is 2. The number of rotatable bonds is 7. The molecule has 0 aliphatic carbocycles. The number of phenols is 1. The van der Waals surface area contributed by atoms with Crippen molar-refractivity contribution in [3.05, 3.63) is 29.8 Å². The van der Waals surface area contributed by atoms with Crippen LogP contribution in [-0.4, -0.2) is 40.2 Å².